The van der Waals surface area contributed by atoms with Crippen LogP contribution in [0.5, 0.6) is 0 Å². The molecule has 4 heteroatoms. The molecule has 0 aliphatic rings. The van der Waals surface area contributed by atoms with Crippen molar-refractivity contribution in [2.24, 2.45) is 5.73 Å². The Balaban J connectivity index is 2.83. The first-order valence-electron chi connectivity index (χ1n) is 4.11. The Hall–Kier alpha value is -1.97. The van der Waals surface area contributed by atoms with Crippen LogP contribution in [0.2, 0.25) is 0 Å². The number of nitrogens with two attached hydrogens (primary N) is 1. The third-order valence-corrected chi connectivity index (χ3v) is 1.54. The fraction of sp³-hybridized carbons (Fsp3) is 0.100. The standard InChI is InChI=1S/C10H10N2O2/c11-10(14)9-6-3-5-8(12-9)4-1-2-7-13/h1,3-7H,2H2,(H2,11,14). The fourth-order valence-corrected chi connectivity index (χ4v) is 0.926. The molecule has 1 rings (SSSR count). The lowest BCUT2D eigenvalue weighted by molar-refractivity contribution is -0.107. The highest BCUT2D eigenvalue weighted by Crippen LogP contribution is 2.01. The van der Waals surface area contributed by atoms with Crippen LogP contribution in [0.1, 0.15) is 22.6 Å². The van der Waals surface area contributed by atoms with Crippen LogP contribution in [-0.2, 0) is 4.79 Å². The molecular formula is C10H10N2O2. The number of aldehydes is 1. The van der Waals surface area contributed by atoms with Gasteiger partial charge in [0, 0.05) is 6.42 Å². The number of aromatic nitrogens is 1. The largest absolute Gasteiger partial charge is 0.364 e. The number of hydrogen-bond acceptors (Lipinski definition) is 3. The lowest BCUT2D eigenvalue weighted by atomic mass is 10.2. The maximum atomic E-state index is 10.8. The van der Waals surface area contributed by atoms with Crippen LogP contribution in [0.4, 0.5) is 0 Å². The van der Waals surface area contributed by atoms with Crippen molar-refractivity contribution in [3.05, 3.63) is 35.7 Å². The number of allylic oxidation sites excluding steroid dienone is 1. The minimum atomic E-state index is -0.560. The minimum Gasteiger partial charge on any atom is -0.364 e. The summed E-state index contributed by atoms with van der Waals surface area (Å²) < 4.78 is 0. The second-order valence-electron chi connectivity index (χ2n) is 2.62. The topological polar surface area (TPSA) is 73.1 Å². The van der Waals surface area contributed by atoms with Gasteiger partial charge in [0.2, 0.25) is 0 Å². The molecule has 0 aromatic carbocycles. The van der Waals surface area contributed by atoms with Gasteiger partial charge in [-0.05, 0) is 18.2 Å². The number of primary amides is 1. The van der Waals surface area contributed by atoms with E-state index in [0.717, 1.165) is 6.29 Å². The van der Waals surface area contributed by atoms with Crippen LogP contribution >= 0.6 is 0 Å². The van der Waals surface area contributed by atoms with Crippen molar-refractivity contribution >= 4 is 18.3 Å². The quantitative estimate of drug-likeness (QED) is 0.713. The van der Waals surface area contributed by atoms with Crippen LogP contribution in [0.15, 0.2) is 24.3 Å². The molecule has 72 valence electrons. The highest BCUT2D eigenvalue weighted by molar-refractivity contribution is 5.90. The van der Waals surface area contributed by atoms with E-state index in [1.54, 1.807) is 30.4 Å². The summed E-state index contributed by atoms with van der Waals surface area (Å²) in [6.45, 7) is 0. The molecule has 1 aromatic rings. The van der Waals surface area contributed by atoms with Gasteiger partial charge >= 0.3 is 0 Å². The fourth-order valence-electron chi connectivity index (χ4n) is 0.926. The van der Waals surface area contributed by atoms with Crippen molar-refractivity contribution in [1.29, 1.82) is 0 Å². The highest BCUT2D eigenvalue weighted by Gasteiger charge is 2.00. The molecule has 1 amide bonds. The Morgan fingerprint density at radius 3 is 2.93 bits per heavy atom. The van der Waals surface area contributed by atoms with E-state index in [9.17, 15) is 9.59 Å². The van der Waals surface area contributed by atoms with Gasteiger partial charge in [0.25, 0.3) is 5.91 Å². The van der Waals surface area contributed by atoms with Crippen molar-refractivity contribution in [2.75, 3.05) is 0 Å². The first-order chi connectivity index (χ1) is 6.74. The summed E-state index contributed by atoms with van der Waals surface area (Å²) in [6.07, 6.45) is 4.46. The summed E-state index contributed by atoms with van der Waals surface area (Å²) in [5, 5.41) is 0. The van der Waals surface area contributed by atoms with E-state index in [-0.39, 0.29) is 5.69 Å². The highest BCUT2D eigenvalue weighted by atomic mass is 16.1. The Morgan fingerprint density at radius 1 is 1.50 bits per heavy atom. The second-order valence-corrected chi connectivity index (χ2v) is 2.62. The number of carbonyl (C=O) groups is 2. The third-order valence-electron chi connectivity index (χ3n) is 1.54. The van der Waals surface area contributed by atoms with Crippen molar-refractivity contribution < 1.29 is 9.59 Å². The summed E-state index contributed by atoms with van der Waals surface area (Å²) in [5.74, 6) is -0.560. The normalized spacial score (nSPS) is 10.3. The molecule has 1 aromatic heterocycles. The van der Waals surface area contributed by atoms with Gasteiger partial charge in [0.15, 0.2) is 0 Å². The van der Waals surface area contributed by atoms with Crippen molar-refractivity contribution in [3.63, 3.8) is 0 Å². The second kappa shape index (κ2) is 4.91. The van der Waals surface area contributed by atoms with Crippen LogP contribution in [0.3, 0.4) is 0 Å². The van der Waals surface area contributed by atoms with E-state index in [0.29, 0.717) is 12.1 Å². The average Bonchev–Trinajstić information content (AvgIpc) is 2.19. The summed E-state index contributed by atoms with van der Waals surface area (Å²) in [4.78, 5) is 24.8. The number of rotatable bonds is 4. The summed E-state index contributed by atoms with van der Waals surface area (Å²) in [7, 11) is 0. The van der Waals surface area contributed by atoms with E-state index in [4.69, 9.17) is 5.73 Å². The average molecular weight is 190 g/mol. The summed E-state index contributed by atoms with van der Waals surface area (Å²) in [5.41, 5.74) is 5.89. The van der Waals surface area contributed by atoms with E-state index in [1.165, 1.54) is 0 Å². The molecule has 2 N–H and O–H groups in total. The molecule has 0 radical (unpaired) electrons. The predicted molar refractivity (Wildman–Crippen MR) is 52.5 cm³/mol. The first kappa shape index (κ1) is 10.1. The Labute approximate surface area is 81.4 Å². The smallest absolute Gasteiger partial charge is 0.267 e. The van der Waals surface area contributed by atoms with Crippen molar-refractivity contribution in [3.8, 4) is 0 Å². The molecule has 0 saturated carbocycles. The molecule has 0 atom stereocenters. The molecule has 4 nitrogen and oxygen atoms in total. The molecule has 14 heavy (non-hydrogen) atoms. The lowest BCUT2D eigenvalue weighted by Gasteiger charge is -1.95. The van der Waals surface area contributed by atoms with Gasteiger partial charge in [-0.3, -0.25) is 4.79 Å². The van der Waals surface area contributed by atoms with E-state index < -0.39 is 5.91 Å². The van der Waals surface area contributed by atoms with Gasteiger partial charge < -0.3 is 10.5 Å². The number of nitrogens with zero attached hydrogens (tertiary/aromatic N) is 1. The van der Waals surface area contributed by atoms with Gasteiger partial charge in [-0.1, -0.05) is 12.1 Å². The molecule has 1 heterocycles. The molecule has 0 aliphatic heterocycles. The van der Waals surface area contributed by atoms with E-state index in [2.05, 4.69) is 4.98 Å². The van der Waals surface area contributed by atoms with Gasteiger partial charge in [0.05, 0.1) is 5.69 Å². The SMILES string of the molecule is NC(=O)c1cccc(C=CCC=O)n1. The number of pyridine rings is 1. The number of hydrogen-bond donors (Lipinski definition) is 1. The van der Waals surface area contributed by atoms with Gasteiger partial charge in [-0.15, -0.1) is 0 Å². The monoisotopic (exact) mass is 190 g/mol. The van der Waals surface area contributed by atoms with Crippen LogP contribution in [-0.4, -0.2) is 17.2 Å². The molecule has 0 aliphatic carbocycles. The van der Waals surface area contributed by atoms with Crippen LogP contribution < -0.4 is 5.73 Å². The molecule has 0 saturated heterocycles. The number of amides is 1. The van der Waals surface area contributed by atoms with Crippen molar-refractivity contribution in [2.45, 2.75) is 6.42 Å². The lowest BCUT2D eigenvalue weighted by Crippen LogP contribution is -2.13. The Morgan fingerprint density at radius 2 is 2.29 bits per heavy atom. The molecule has 0 fully saturated rings. The molecule has 0 spiro atoms. The summed E-state index contributed by atoms with van der Waals surface area (Å²) >= 11 is 0. The predicted octanol–water partition coefficient (Wildman–Crippen LogP) is 0.783. The molecular weight excluding hydrogens is 180 g/mol. The summed E-state index contributed by atoms with van der Waals surface area (Å²) in [6, 6.07) is 4.96. The maximum absolute atomic E-state index is 10.8. The van der Waals surface area contributed by atoms with Gasteiger partial charge in [0.1, 0.15) is 12.0 Å². The Bertz CT molecular complexity index is 372. The number of carbonyl (C=O) groups excluding carboxylic acids is 2. The van der Waals surface area contributed by atoms with E-state index in [1.807, 2.05) is 0 Å². The van der Waals surface area contributed by atoms with E-state index >= 15 is 0 Å². The maximum Gasteiger partial charge on any atom is 0.267 e. The zero-order valence-corrected chi connectivity index (χ0v) is 7.51. The molecule has 0 bridgehead atoms. The van der Waals surface area contributed by atoms with Gasteiger partial charge in [-0.2, -0.15) is 0 Å². The van der Waals surface area contributed by atoms with Crippen LogP contribution in [0.25, 0.3) is 6.08 Å². The molecule has 0 unspecified atom stereocenters. The third kappa shape index (κ3) is 2.82. The van der Waals surface area contributed by atoms with Gasteiger partial charge in [-0.25, -0.2) is 4.98 Å². The minimum absolute atomic E-state index is 0.221. The zero-order valence-electron chi connectivity index (χ0n) is 7.51. The van der Waals surface area contributed by atoms with Crippen LogP contribution in [0, 0.1) is 0 Å². The Kier molecular flexibility index (Phi) is 3.55. The first-order valence-corrected chi connectivity index (χ1v) is 4.11. The van der Waals surface area contributed by atoms with Crippen molar-refractivity contribution in [1.82, 2.24) is 4.98 Å². The zero-order chi connectivity index (χ0) is 10.4.